The molecule has 0 spiro atoms. The SMILES string of the molecule is [2H]C([2H])([2H])c1ccc2sc3c(c2c1)N1c2ccc(C(C)(C)C)cc2B2c4sc5ccc(C([2H])([2H])[2H])cc5c4N4c5ccc(C(C)(C)C)cc5B5c6sc7ccc(C)cc7c6N6c7ccc(C(C)C)cc7B3c3c6c5c4c2c31. The van der Waals surface area contributed by atoms with Crippen LogP contribution in [0.1, 0.15) is 103 Å². The van der Waals surface area contributed by atoms with Crippen molar-refractivity contribution >= 4 is 183 Å². The lowest BCUT2D eigenvalue weighted by Gasteiger charge is -2.54. The summed E-state index contributed by atoms with van der Waals surface area (Å²) in [6.45, 7) is 15.5. The highest BCUT2D eigenvalue weighted by Crippen LogP contribution is 2.56. The maximum Gasteiger partial charge on any atom is 0.264 e. The van der Waals surface area contributed by atoms with Crippen LogP contribution >= 0.6 is 34.0 Å². The van der Waals surface area contributed by atoms with Gasteiger partial charge < -0.3 is 14.7 Å². The Labute approximate surface area is 438 Å². The van der Waals surface area contributed by atoms with Crippen LogP contribution in [0.2, 0.25) is 0 Å². The summed E-state index contributed by atoms with van der Waals surface area (Å²) in [5.74, 6) is 0.284. The minimum absolute atomic E-state index is 0.123. The van der Waals surface area contributed by atoms with Crippen molar-refractivity contribution in [2.75, 3.05) is 14.7 Å². The zero-order chi connectivity index (χ0) is 53.2. The molecule has 71 heavy (non-hydrogen) atoms. The van der Waals surface area contributed by atoms with Gasteiger partial charge in [-0.25, -0.2) is 0 Å². The van der Waals surface area contributed by atoms with Crippen molar-refractivity contribution in [2.45, 2.75) is 92.8 Å². The maximum absolute atomic E-state index is 8.76. The fraction of sp³-hybridized carbons (Fsp3) is 0.226. The minimum atomic E-state index is -2.30. The van der Waals surface area contributed by atoms with Gasteiger partial charge in [-0.2, -0.15) is 0 Å². The largest absolute Gasteiger partial charge is 0.311 e. The van der Waals surface area contributed by atoms with E-state index in [-0.39, 0.29) is 36.9 Å². The molecule has 10 aromatic rings. The van der Waals surface area contributed by atoms with Crippen LogP contribution in [0.25, 0.3) is 30.3 Å². The van der Waals surface area contributed by atoms with Crippen LogP contribution in [-0.2, 0) is 10.8 Å². The zero-order valence-corrected chi connectivity index (χ0v) is 43.7. The lowest BCUT2D eigenvalue weighted by molar-refractivity contribution is 0.590. The first kappa shape index (κ1) is 36.0. The number of rotatable bonds is 1. The quantitative estimate of drug-likeness (QED) is 0.152. The molecule has 6 aliphatic rings. The molecule has 7 aromatic carbocycles. The predicted molar refractivity (Wildman–Crippen MR) is 316 cm³/mol. The second-order valence-electron chi connectivity index (χ2n) is 23.5. The molecule has 0 fully saturated rings. The summed E-state index contributed by atoms with van der Waals surface area (Å²) >= 11 is 5.57. The van der Waals surface area contributed by atoms with Crippen LogP contribution in [0.4, 0.5) is 51.2 Å². The van der Waals surface area contributed by atoms with E-state index in [2.05, 4.69) is 162 Å². The Morgan fingerprint density at radius 2 is 0.803 bits per heavy atom. The number of thiophene rings is 3. The van der Waals surface area contributed by atoms with E-state index in [1.54, 1.807) is 0 Å². The van der Waals surface area contributed by atoms with Gasteiger partial charge >= 0.3 is 0 Å². The molecule has 0 unspecified atom stereocenters. The monoisotopic (exact) mass is 973 g/mol. The van der Waals surface area contributed by atoms with Crippen LogP contribution < -0.4 is 61.8 Å². The zero-order valence-electron chi connectivity index (χ0n) is 47.3. The third kappa shape index (κ3) is 5.09. The fourth-order valence-electron chi connectivity index (χ4n) is 13.6. The summed E-state index contributed by atoms with van der Waals surface area (Å²) in [5.41, 5.74) is 23.4. The third-order valence-corrected chi connectivity index (χ3v) is 20.6. The first-order chi connectivity index (χ1) is 36.5. The van der Waals surface area contributed by atoms with Crippen molar-refractivity contribution in [2.24, 2.45) is 0 Å². The molecule has 9 heteroatoms. The number of fused-ring (bicyclic) bond motifs is 24. The van der Waals surface area contributed by atoms with Gasteiger partial charge in [0.25, 0.3) is 20.1 Å². The molecule has 0 saturated heterocycles. The molecule has 16 rings (SSSR count). The molecule has 0 aliphatic carbocycles. The van der Waals surface area contributed by atoms with Crippen LogP contribution in [0.5, 0.6) is 0 Å². The van der Waals surface area contributed by atoms with E-state index >= 15 is 0 Å². The van der Waals surface area contributed by atoms with Gasteiger partial charge in [0.05, 0.1) is 17.1 Å². The topological polar surface area (TPSA) is 9.72 Å². The van der Waals surface area contributed by atoms with E-state index in [9.17, 15) is 0 Å². The van der Waals surface area contributed by atoms with Crippen molar-refractivity contribution in [1.29, 1.82) is 0 Å². The lowest BCUT2D eigenvalue weighted by atomic mass is 9.27. The van der Waals surface area contributed by atoms with Crippen molar-refractivity contribution in [3.63, 3.8) is 0 Å². The van der Waals surface area contributed by atoms with Gasteiger partial charge in [-0.05, 0) is 141 Å². The Balaban J connectivity index is 1.16. The van der Waals surface area contributed by atoms with Crippen molar-refractivity contribution < 1.29 is 8.22 Å². The molecule has 0 atom stereocenters. The highest BCUT2D eigenvalue weighted by molar-refractivity contribution is 7.37. The Morgan fingerprint density at radius 3 is 1.18 bits per heavy atom. The molecule has 3 aromatic heterocycles. The molecule has 3 nitrogen and oxygen atoms in total. The highest BCUT2D eigenvalue weighted by Gasteiger charge is 2.59. The number of aryl methyl sites for hydroxylation is 3. The predicted octanol–water partition coefficient (Wildman–Crippen LogP) is 11.8. The van der Waals surface area contributed by atoms with Crippen LogP contribution in [0, 0.1) is 20.6 Å². The van der Waals surface area contributed by atoms with Gasteiger partial charge in [0.2, 0.25) is 0 Å². The van der Waals surface area contributed by atoms with Crippen molar-refractivity contribution in [3.8, 4) is 0 Å². The van der Waals surface area contributed by atoms with Crippen molar-refractivity contribution in [1.82, 2.24) is 0 Å². The fourth-order valence-corrected chi connectivity index (χ4v) is 17.5. The van der Waals surface area contributed by atoms with Gasteiger partial charge in [-0.1, -0.05) is 127 Å². The van der Waals surface area contributed by atoms with Crippen LogP contribution in [0.15, 0.2) is 109 Å². The third-order valence-electron chi connectivity index (χ3n) is 16.9. The van der Waals surface area contributed by atoms with Gasteiger partial charge in [-0.3, -0.25) is 0 Å². The summed E-state index contributed by atoms with van der Waals surface area (Å²) in [6, 6.07) is 40.3. The van der Waals surface area contributed by atoms with E-state index < -0.39 is 13.7 Å². The first-order valence-corrected chi connectivity index (χ1v) is 27.7. The molecular formula is C62H52B3N3S3. The van der Waals surface area contributed by atoms with E-state index in [1.165, 1.54) is 108 Å². The van der Waals surface area contributed by atoms with Crippen LogP contribution in [-0.4, -0.2) is 20.1 Å². The Kier molecular flexibility index (Phi) is 6.77. The second-order valence-corrected chi connectivity index (χ2v) is 26.7. The molecule has 0 N–H and O–H groups in total. The van der Waals surface area contributed by atoms with E-state index in [0.29, 0.717) is 11.1 Å². The smallest absolute Gasteiger partial charge is 0.264 e. The van der Waals surface area contributed by atoms with Gasteiger partial charge in [0, 0.05) is 86.9 Å². The summed E-state index contributed by atoms with van der Waals surface area (Å²) in [6.07, 6.45) is 0. The van der Waals surface area contributed by atoms with Gasteiger partial charge in [0.1, 0.15) is 0 Å². The number of anilines is 9. The molecule has 0 radical (unpaired) electrons. The minimum Gasteiger partial charge on any atom is -0.311 e. The lowest BCUT2D eigenvalue weighted by Crippen LogP contribution is -2.74. The molecule has 9 heterocycles. The number of hydrogen-bond acceptors (Lipinski definition) is 6. The Hall–Kier alpha value is -5.99. The normalized spacial score (nSPS) is 16.8. The summed E-state index contributed by atoms with van der Waals surface area (Å²) < 4.78 is 59.7. The Morgan fingerprint density at radius 1 is 0.437 bits per heavy atom. The summed E-state index contributed by atoms with van der Waals surface area (Å²) in [7, 11) is 0. The summed E-state index contributed by atoms with van der Waals surface area (Å²) in [5, 5.41) is 3.18. The Bertz CT molecular complexity index is 4400. The average molecular weight is 974 g/mol. The second kappa shape index (κ2) is 13.3. The molecular weight excluding hydrogens is 915 g/mol. The van der Waals surface area contributed by atoms with Gasteiger partial charge in [-0.15, -0.1) is 34.0 Å². The number of nitrogens with zero attached hydrogens (tertiary/aromatic N) is 3. The molecule has 0 bridgehead atoms. The standard InChI is InChI=1S/C62H52B3N3S3/c1-30(2)34-15-18-43-40(27-34)63-49-55-50-57-51-56(49)67(52-37-24-31(3)12-21-46(37)69-58(52)63)44-19-16-35(61(6,7)8)28-41(44)65(51)60-54(39-26-33(5)14-23-48(39)71-60)68(57)45-20-17-36(62(9,10)11)29-42(45)64(50)59-53(66(43)55)38-25-32(4)13-22-47(38)70-59/h12-30H,1-11H3/i3D3,5D3. The molecule has 6 aliphatic heterocycles. The average Bonchev–Trinajstić information content (AvgIpc) is 4.25. The van der Waals surface area contributed by atoms with Gasteiger partial charge in [0.15, 0.2) is 0 Å². The maximum atomic E-state index is 8.76. The van der Waals surface area contributed by atoms with Crippen molar-refractivity contribution in [3.05, 3.63) is 143 Å². The highest BCUT2D eigenvalue weighted by atomic mass is 32.1. The number of hydrogen-bond donors (Lipinski definition) is 0. The van der Waals surface area contributed by atoms with E-state index in [1.807, 2.05) is 58.3 Å². The summed E-state index contributed by atoms with van der Waals surface area (Å²) in [4.78, 5) is 7.86. The number of benzene rings is 7. The molecule has 0 saturated carbocycles. The first-order valence-electron chi connectivity index (χ1n) is 28.2. The molecule has 0 amide bonds. The van der Waals surface area contributed by atoms with E-state index in [4.69, 9.17) is 8.22 Å². The van der Waals surface area contributed by atoms with E-state index in [0.717, 1.165) is 42.9 Å². The molecule has 342 valence electrons. The van der Waals surface area contributed by atoms with Crippen LogP contribution in [0.3, 0.4) is 0 Å².